The van der Waals surface area contributed by atoms with Gasteiger partial charge in [0.05, 0.1) is 30.5 Å². The van der Waals surface area contributed by atoms with Crippen molar-refractivity contribution < 1.29 is 9.53 Å². The zero-order valence-electron chi connectivity index (χ0n) is 10.6. The van der Waals surface area contributed by atoms with Crippen LogP contribution in [0.4, 0.5) is 0 Å². The van der Waals surface area contributed by atoms with Crippen molar-refractivity contribution in [2.24, 2.45) is 0 Å². The summed E-state index contributed by atoms with van der Waals surface area (Å²) in [5, 5.41) is 4.19. The molecule has 0 bridgehead atoms. The number of benzene rings is 1. The first-order valence-corrected chi connectivity index (χ1v) is 6.50. The molecule has 1 fully saturated rings. The van der Waals surface area contributed by atoms with Gasteiger partial charge < -0.3 is 4.74 Å². The van der Waals surface area contributed by atoms with E-state index in [1.54, 1.807) is 12.4 Å². The van der Waals surface area contributed by atoms with Crippen LogP contribution < -0.4 is 0 Å². The van der Waals surface area contributed by atoms with Crippen molar-refractivity contribution >= 4 is 6.29 Å². The van der Waals surface area contributed by atoms with E-state index in [0.29, 0.717) is 24.3 Å². The number of carbonyl (C=O) groups is 1. The third-order valence-electron chi connectivity index (χ3n) is 3.53. The highest BCUT2D eigenvalue weighted by Gasteiger charge is 2.31. The SMILES string of the molecule is O=Cc1cnn(C2CC(OCc3ccccc3)C2)c1. The highest BCUT2D eigenvalue weighted by atomic mass is 16.5. The lowest BCUT2D eigenvalue weighted by molar-refractivity contribution is -0.0383. The number of hydrogen-bond donors (Lipinski definition) is 0. The molecule has 19 heavy (non-hydrogen) atoms. The molecule has 0 spiro atoms. The fourth-order valence-electron chi connectivity index (χ4n) is 2.29. The number of aldehydes is 1. The first-order chi connectivity index (χ1) is 9.35. The molecule has 4 heteroatoms. The van der Waals surface area contributed by atoms with Crippen molar-refractivity contribution in [3.63, 3.8) is 0 Å². The topological polar surface area (TPSA) is 44.1 Å². The molecule has 0 radical (unpaired) electrons. The lowest BCUT2D eigenvalue weighted by Gasteiger charge is -2.35. The number of aromatic nitrogens is 2. The molecule has 0 atom stereocenters. The predicted molar refractivity (Wildman–Crippen MR) is 70.9 cm³/mol. The van der Waals surface area contributed by atoms with Gasteiger partial charge in [-0.1, -0.05) is 30.3 Å². The van der Waals surface area contributed by atoms with E-state index < -0.39 is 0 Å². The number of hydrogen-bond acceptors (Lipinski definition) is 3. The number of rotatable bonds is 5. The summed E-state index contributed by atoms with van der Waals surface area (Å²) in [5.74, 6) is 0. The molecule has 1 heterocycles. The van der Waals surface area contributed by atoms with Crippen LogP contribution in [-0.4, -0.2) is 22.2 Å². The Morgan fingerprint density at radius 3 is 2.79 bits per heavy atom. The van der Waals surface area contributed by atoms with Crippen molar-refractivity contribution in [3.8, 4) is 0 Å². The third-order valence-corrected chi connectivity index (χ3v) is 3.53. The van der Waals surface area contributed by atoms with Gasteiger partial charge in [0.2, 0.25) is 0 Å². The van der Waals surface area contributed by atoms with Gasteiger partial charge in [0, 0.05) is 6.20 Å². The van der Waals surface area contributed by atoms with Crippen molar-refractivity contribution in [2.45, 2.75) is 31.6 Å². The first-order valence-electron chi connectivity index (χ1n) is 6.50. The maximum atomic E-state index is 10.6. The van der Waals surface area contributed by atoms with E-state index in [4.69, 9.17) is 4.74 Å². The fraction of sp³-hybridized carbons (Fsp3) is 0.333. The molecule has 1 aromatic heterocycles. The van der Waals surface area contributed by atoms with Crippen LogP contribution in [0.25, 0.3) is 0 Å². The van der Waals surface area contributed by atoms with Crippen molar-refractivity contribution in [2.75, 3.05) is 0 Å². The molecule has 3 rings (SSSR count). The minimum Gasteiger partial charge on any atom is -0.373 e. The van der Waals surface area contributed by atoms with E-state index in [0.717, 1.165) is 19.1 Å². The van der Waals surface area contributed by atoms with Gasteiger partial charge in [0.25, 0.3) is 0 Å². The average molecular weight is 256 g/mol. The number of ether oxygens (including phenoxy) is 1. The molecule has 98 valence electrons. The Morgan fingerprint density at radius 2 is 2.11 bits per heavy atom. The van der Waals surface area contributed by atoms with Crippen LogP contribution in [0.2, 0.25) is 0 Å². The largest absolute Gasteiger partial charge is 0.373 e. The summed E-state index contributed by atoms with van der Waals surface area (Å²) < 4.78 is 7.71. The molecule has 0 N–H and O–H groups in total. The Hall–Kier alpha value is -1.94. The van der Waals surface area contributed by atoms with Gasteiger partial charge in [-0.05, 0) is 18.4 Å². The second kappa shape index (κ2) is 5.36. The Bertz CT molecular complexity index is 544. The quantitative estimate of drug-likeness (QED) is 0.772. The van der Waals surface area contributed by atoms with Gasteiger partial charge in [-0.3, -0.25) is 9.48 Å². The lowest BCUT2D eigenvalue weighted by atomic mass is 9.89. The third kappa shape index (κ3) is 2.74. The first kappa shape index (κ1) is 12.1. The van der Waals surface area contributed by atoms with E-state index in [2.05, 4.69) is 17.2 Å². The van der Waals surface area contributed by atoms with E-state index in [1.165, 1.54) is 5.56 Å². The molecule has 2 aromatic rings. The molecule has 0 unspecified atom stereocenters. The molecule has 0 saturated heterocycles. The molecule has 1 saturated carbocycles. The normalized spacial score (nSPS) is 21.9. The Labute approximate surface area is 112 Å². The second-order valence-corrected chi connectivity index (χ2v) is 4.92. The van der Waals surface area contributed by atoms with Crippen LogP contribution in [0.3, 0.4) is 0 Å². The van der Waals surface area contributed by atoms with Crippen LogP contribution in [0.1, 0.15) is 34.8 Å². The monoisotopic (exact) mass is 256 g/mol. The Morgan fingerprint density at radius 1 is 1.32 bits per heavy atom. The van der Waals surface area contributed by atoms with E-state index in [-0.39, 0.29) is 0 Å². The summed E-state index contributed by atoms with van der Waals surface area (Å²) in [5.41, 5.74) is 1.84. The highest BCUT2D eigenvalue weighted by Crippen LogP contribution is 2.34. The number of carbonyl (C=O) groups excluding carboxylic acids is 1. The predicted octanol–water partition coefficient (Wildman–Crippen LogP) is 2.62. The van der Waals surface area contributed by atoms with Crippen molar-refractivity contribution in [1.29, 1.82) is 0 Å². The second-order valence-electron chi connectivity index (χ2n) is 4.92. The van der Waals surface area contributed by atoms with Crippen LogP contribution in [0.5, 0.6) is 0 Å². The molecule has 0 amide bonds. The molecule has 4 nitrogen and oxygen atoms in total. The maximum Gasteiger partial charge on any atom is 0.153 e. The number of nitrogens with zero attached hydrogens (tertiary/aromatic N) is 2. The summed E-state index contributed by atoms with van der Waals surface area (Å²) >= 11 is 0. The average Bonchev–Trinajstić information content (AvgIpc) is 2.87. The summed E-state index contributed by atoms with van der Waals surface area (Å²) in [6, 6.07) is 10.6. The van der Waals surface area contributed by atoms with Gasteiger partial charge in [0.15, 0.2) is 6.29 Å². The zero-order chi connectivity index (χ0) is 13.1. The summed E-state index contributed by atoms with van der Waals surface area (Å²) in [4.78, 5) is 10.6. The minimum absolute atomic E-state index is 0.300. The zero-order valence-corrected chi connectivity index (χ0v) is 10.6. The van der Waals surface area contributed by atoms with Gasteiger partial charge in [-0.15, -0.1) is 0 Å². The van der Waals surface area contributed by atoms with Crippen molar-refractivity contribution in [1.82, 2.24) is 9.78 Å². The van der Waals surface area contributed by atoms with Crippen LogP contribution in [0.15, 0.2) is 42.7 Å². The van der Waals surface area contributed by atoms with Crippen LogP contribution in [0, 0.1) is 0 Å². The highest BCUT2D eigenvalue weighted by molar-refractivity contribution is 5.73. The molecule has 1 aliphatic carbocycles. The molecule has 1 aliphatic rings. The summed E-state index contributed by atoms with van der Waals surface area (Å²) in [7, 11) is 0. The standard InChI is InChI=1S/C15H16N2O2/c18-10-13-8-16-17(9-13)14-6-15(7-14)19-11-12-4-2-1-3-5-12/h1-5,8-10,14-15H,6-7,11H2. The van der Waals surface area contributed by atoms with Gasteiger partial charge >= 0.3 is 0 Å². The lowest BCUT2D eigenvalue weighted by Crippen LogP contribution is -2.33. The van der Waals surface area contributed by atoms with E-state index in [1.807, 2.05) is 22.9 Å². The fourth-order valence-corrected chi connectivity index (χ4v) is 2.29. The smallest absolute Gasteiger partial charge is 0.153 e. The van der Waals surface area contributed by atoms with Crippen LogP contribution >= 0.6 is 0 Å². The minimum atomic E-state index is 0.300. The molecule has 1 aromatic carbocycles. The summed E-state index contributed by atoms with van der Waals surface area (Å²) in [6.07, 6.45) is 6.45. The van der Waals surface area contributed by atoms with Gasteiger partial charge in [0.1, 0.15) is 0 Å². The molecular formula is C15H16N2O2. The van der Waals surface area contributed by atoms with Crippen molar-refractivity contribution in [3.05, 3.63) is 53.9 Å². The maximum absolute atomic E-state index is 10.6. The van der Waals surface area contributed by atoms with Gasteiger partial charge in [-0.25, -0.2) is 0 Å². The van der Waals surface area contributed by atoms with Gasteiger partial charge in [-0.2, -0.15) is 5.10 Å². The van der Waals surface area contributed by atoms with Crippen LogP contribution in [-0.2, 0) is 11.3 Å². The molecule has 0 aliphatic heterocycles. The Balaban J connectivity index is 1.46. The summed E-state index contributed by atoms with van der Waals surface area (Å²) in [6.45, 7) is 0.664. The molecular weight excluding hydrogens is 240 g/mol. The van der Waals surface area contributed by atoms with E-state index in [9.17, 15) is 4.79 Å². The van der Waals surface area contributed by atoms with E-state index >= 15 is 0 Å². The Kier molecular flexibility index (Phi) is 3.42.